The van der Waals surface area contributed by atoms with Crippen molar-refractivity contribution in [2.45, 2.75) is 19.9 Å². The van der Waals surface area contributed by atoms with Crippen molar-refractivity contribution in [2.24, 2.45) is 0 Å². The lowest BCUT2D eigenvalue weighted by atomic mass is 10.0. The molecule has 3 rings (SSSR count). The van der Waals surface area contributed by atoms with Gasteiger partial charge in [0.25, 0.3) is 0 Å². The molecule has 1 aromatic rings. The van der Waals surface area contributed by atoms with Gasteiger partial charge in [-0.25, -0.2) is 0 Å². The van der Waals surface area contributed by atoms with Crippen molar-refractivity contribution in [1.29, 1.82) is 0 Å². The number of anilines is 1. The van der Waals surface area contributed by atoms with Gasteiger partial charge in [-0.05, 0) is 26.0 Å². The van der Waals surface area contributed by atoms with E-state index in [0.29, 0.717) is 6.04 Å². The molecule has 0 amide bonds. The lowest BCUT2D eigenvalue weighted by molar-refractivity contribution is 0.185. The molecule has 4 heteroatoms. The molecule has 0 N–H and O–H groups in total. The van der Waals surface area contributed by atoms with Crippen LogP contribution in [0.3, 0.4) is 0 Å². The third kappa shape index (κ3) is 2.14. The van der Waals surface area contributed by atoms with Crippen molar-refractivity contribution in [2.75, 3.05) is 38.1 Å². The van der Waals surface area contributed by atoms with Crippen LogP contribution in [0.4, 0.5) is 5.69 Å². The van der Waals surface area contributed by atoms with Crippen LogP contribution in [-0.2, 0) is 0 Å². The molecule has 0 saturated carbocycles. The number of halogens is 1. The minimum Gasteiger partial charge on any atom is -0.368 e. The van der Waals surface area contributed by atoms with Gasteiger partial charge in [0.1, 0.15) is 0 Å². The molecule has 3 nitrogen and oxygen atoms in total. The largest absolute Gasteiger partial charge is 0.368 e. The van der Waals surface area contributed by atoms with Crippen LogP contribution >= 0.6 is 11.6 Å². The highest BCUT2D eigenvalue weighted by atomic mass is 35.5. The summed E-state index contributed by atoms with van der Waals surface area (Å²) in [4.78, 5) is 7.27. The smallest absolute Gasteiger partial charge is 0.0674 e. The Bertz CT molecular complexity index is 532. The molecule has 0 radical (unpaired) electrons. The number of para-hydroxylation sites is 1. The average Bonchev–Trinajstić information content (AvgIpc) is 2.48. The number of piperazine rings is 1. The third-order valence-corrected chi connectivity index (χ3v) is 5.01. The first-order valence-electron chi connectivity index (χ1n) is 7.27. The van der Waals surface area contributed by atoms with E-state index in [9.17, 15) is 0 Å². The zero-order chi connectivity index (χ0) is 14.3. The molecular formula is C16H22ClN3. The van der Waals surface area contributed by atoms with Gasteiger partial charge in [-0.3, -0.25) is 0 Å². The summed E-state index contributed by atoms with van der Waals surface area (Å²) in [5.41, 5.74) is 4.10. The topological polar surface area (TPSA) is 9.72 Å². The second-order valence-corrected chi connectivity index (χ2v) is 6.09. The van der Waals surface area contributed by atoms with E-state index >= 15 is 0 Å². The molecule has 20 heavy (non-hydrogen) atoms. The Balaban J connectivity index is 1.68. The zero-order valence-corrected chi connectivity index (χ0v) is 13.2. The SMILES string of the molecule is CC1=C(N2CCN(c3ccccc3Cl)CC2)C(C)N1C. The van der Waals surface area contributed by atoms with Gasteiger partial charge in [-0.1, -0.05) is 23.7 Å². The second kappa shape index (κ2) is 5.21. The Morgan fingerprint density at radius 2 is 1.65 bits per heavy atom. The lowest BCUT2D eigenvalue weighted by Crippen LogP contribution is -2.54. The van der Waals surface area contributed by atoms with Crippen LogP contribution in [0.1, 0.15) is 13.8 Å². The summed E-state index contributed by atoms with van der Waals surface area (Å²) in [6.45, 7) is 8.73. The monoisotopic (exact) mass is 291 g/mol. The van der Waals surface area contributed by atoms with Crippen LogP contribution in [0.5, 0.6) is 0 Å². The number of hydrogen-bond donors (Lipinski definition) is 0. The Hall–Kier alpha value is -1.35. The molecule has 0 spiro atoms. The third-order valence-electron chi connectivity index (χ3n) is 4.69. The van der Waals surface area contributed by atoms with Crippen molar-refractivity contribution >= 4 is 17.3 Å². The highest BCUT2D eigenvalue weighted by molar-refractivity contribution is 6.33. The van der Waals surface area contributed by atoms with E-state index < -0.39 is 0 Å². The summed E-state index contributed by atoms with van der Waals surface area (Å²) in [6, 6.07) is 8.69. The fraction of sp³-hybridized carbons (Fsp3) is 0.500. The quantitative estimate of drug-likeness (QED) is 0.829. The minimum atomic E-state index is 0.557. The van der Waals surface area contributed by atoms with E-state index in [1.165, 1.54) is 17.1 Å². The first-order valence-corrected chi connectivity index (χ1v) is 7.65. The van der Waals surface area contributed by atoms with Gasteiger partial charge in [-0.15, -0.1) is 0 Å². The van der Waals surface area contributed by atoms with Crippen molar-refractivity contribution in [3.8, 4) is 0 Å². The molecule has 1 saturated heterocycles. The van der Waals surface area contributed by atoms with Crippen LogP contribution in [0.2, 0.25) is 5.02 Å². The van der Waals surface area contributed by atoms with Crippen molar-refractivity contribution in [3.05, 3.63) is 40.7 Å². The van der Waals surface area contributed by atoms with E-state index in [0.717, 1.165) is 31.2 Å². The molecule has 0 bridgehead atoms. The summed E-state index contributed by atoms with van der Waals surface area (Å²) in [6.07, 6.45) is 0. The molecule has 0 aliphatic carbocycles. The van der Waals surface area contributed by atoms with Gasteiger partial charge in [-0.2, -0.15) is 0 Å². The van der Waals surface area contributed by atoms with E-state index in [4.69, 9.17) is 11.6 Å². The Kier molecular flexibility index (Phi) is 3.55. The first-order chi connectivity index (χ1) is 9.59. The summed E-state index contributed by atoms with van der Waals surface area (Å²) in [5, 5.41) is 0.855. The zero-order valence-electron chi connectivity index (χ0n) is 12.4. The lowest BCUT2D eigenvalue weighted by Gasteiger charge is -2.49. The Labute approximate surface area is 126 Å². The molecule has 108 valence electrons. The van der Waals surface area contributed by atoms with Crippen molar-refractivity contribution in [3.63, 3.8) is 0 Å². The molecule has 2 aliphatic heterocycles. The summed E-state index contributed by atoms with van der Waals surface area (Å²) in [7, 11) is 2.17. The number of nitrogens with zero attached hydrogens (tertiary/aromatic N) is 3. The van der Waals surface area contributed by atoms with Crippen molar-refractivity contribution in [1.82, 2.24) is 9.80 Å². The van der Waals surface area contributed by atoms with Gasteiger partial charge in [0, 0.05) is 38.9 Å². The number of rotatable bonds is 2. The predicted octanol–water partition coefficient (Wildman–Crippen LogP) is 3.03. The number of hydrogen-bond acceptors (Lipinski definition) is 3. The van der Waals surface area contributed by atoms with E-state index in [1.807, 2.05) is 12.1 Å². The van der Waals surface area contributed by atoms with Crippen LogP contribution in [0.15, 0.2) is 35.7 Å². The fourth-order valence-corrected chi connectivity index (χ4v) is 3.54. The summed E-state index contributed by atoms with van der Waals surface area (Å²) < 4.78 is 0. The second-order valence-electron chi connectivity index (χ2n) is 5.68. The van der Waals surface area contributed by atoms with Gasteiger partial charge < -0.3 is 14.7 Å². The molecule has 0 aromatic heterocycles. The maximum absolute atomic E-state index is 6.29. The van der Waals surface area contributed by atoms with Crippen LogP contribution in [-0.4, -0.2) is 49.1 Å². The minimum absolute atomic E-state index is 0.557. The summed E-state index contributed by atoms with van der Waals surface area (Å²) in [5.74, 6) is 0. The van der Waals surface area contributed by atoms with E-state index in [-0.39, 0.29) is 0 Å². The maximum Gasteiger partial charge on any atom is 0.0674 e. The molecule has 1 fully saturated rings. The highest BCUT2D eigenvalue weighted by Gasteiger charge is 2.33. The number of likely N-dealkylation sites (N-methyl/N-ethyl adjacent to an activating group) is 1. The molecule has 1 aromatic carbocycles. The normalized spacial score (nSPS) is 23.2. The molecule has 2 aliphatic rings. The molecule has 1 atom stereocenters. The molecular weight excluding hydrogens is 270 g/mol. The number of benzene rings is 1. The van der Waals surface area contributed by atoms with E-state index in [1.54, 1.807) is 0 Å². The van der Waals surface area contributed by atoms with Gasteiger partial charge in [0.15, 0.2) is 0 Å². The van der Waals surface area contributed by atoms with Crippen LogP contribution in [0, 0.1) is 0 Å². The fourth-order valence-electron chi connectivity index (χ4n) is 3.28. The highest BCUT2D eigenvalue weighted by Crippen LogP contribution is 2.33. The molecule has 1 unspecified atom stereocenters. The summed E-state index contributed by atoms with van der Waals surface area (Å²) >= 11 is 6.29. The Morgan fingerprint density at radius 1 is 1.05 bits per heavy atom. The molecule has 2 heterocycles. The Morgan fingerprint density at radius 3 is 2.25 bits per heavy atom. The standard InChI is InChI=1S/C16H22ClN3/c1-12-16(13(2)18(12)3)20-10-8-19(9-11-20)15-7-5-4-6-14(15)17/h4-7,12H,8-11H2,1-3H3. The van der Waals surface area contributed by atoms with Gasteiger partial charge in [0.2, 0.25) is 0 Å². The van der Waals surface area contributed by atoms with Crippen LogP contribution in [0.25, 0.3) is 0 Å². The first kappa shape index (κ1) is 13.6. The van der Waals surface area contributed by atoms with Crippen LogP contribution < -0.4 is 4.90 Å². The average molecular weight is 292 g/mol. The maximum atomic E-state index is 6.29. The number of allylic oxidation sites excluding steroid dienone is 1. The van der Waals surface area contributed by atoms with Gasteiger partial charge in [0.05, 0.1) is 22.4 Å². The van der Waals surface area contributed by atoms with Crippen molar-refractivity contribution < 1.29 is 0 Å². The van der Waals surface area contributed by atoms with Gasteiger partial charge >= 0.3 is 0 Å². The predicted molar refractivity (Wildman–Crippen MR) is 85.2 cm³/mol. The van der Waals surface area contributed by atoms with E-state index in [2.05, 4.69) is 47.7 Å².